The first-order valence-corrected chi connectivity index (χ1v) is 8.22. The van der Waals surface area contributed by atoms with E-state index in [0.29, 0.717) is 17.3 Å². The number of amides is 1. The van der Waals surface area contributed by atoms with Gasteiger partial charge < -0.3 is 5.32 Å². The first-order chi connectivity index (χ1) is 8.49. The summed E-state index contributed by atoms with van der Waals surface area (Å²) in [6, 6.07) is 1.97. The standard InChI is InChI=1S/C14H22BrNOS/c1-5-11(6-2)12(15)8-16-14(17)13-7-9(3)10(4)18-13/h7,11-12H,5-6,8H2,1-4H3,(H,16,17). The molecule has 0 saturated carbocycles. The molecule has 1 N–H and O–H groups in total. The number of rotatable bonds is 6. The minimum atomic E-state index is 0.0478. The van der Waals surface area contributed by atoms with E-state index in [1.807, 2.05) is 19.9 Å². The first kappa shape index (κ1) is 15.7. The second-order valence-corrected chi connectivity index (χ2v) is 7.08. The van der Waals surface area contributed by atoms with Gasteiger partial charge in [-0.1, -0.05) is 42.6 Å². The van der Waals surface area contributed by atoms with E-state index in [2.05, 4.69) is 35.1 Å². The summed E-state index contributed by atoms with van der Waals surface area (Å²) in [5.74, 6) is 0.670. The van der Waals surface area contributed by atoms with Crippen LogP contribution in [0.4, 0.5) is 0 Å². The highest BCUT2D eigenvalue weighted by molar-refractivity contribution is 9.09. The Morgan fingerprint density at radius 1 is 1.39 bits per heavy atom. The van der Waals surface area contributed by atoms with Crippen LogP contribution in [0.1, 0.15) is 46.8 Å². The molecule has 0 fully saturated rings. The highest BCUT2D eigenvalue weighted by atomic mass is 79.9. The van der Waals surface area contributed by atoms with Crippen molar-refractivity contribution in [2.45, 2.75) is 45.4 Å². The lowest BCUT2D eigenvalue weighted by atomic mass is 9.99. The molecule has 0 bridgehead atoms. The lowest BCUT2D eigenvalue weighted by Gasteiger charge is -2.19. The van der Waals surface area contributed by atoms with Gasteiger partial charge >= 0.3 is 0 Å². The molecule has 102 valence electrons. The van der Waals surface area contributed by atoms with Gasteiger partial charge in [0.25, 0.3) is 5.91 Å². The van der Waals surface area contributed by atoms with Gasteiger partial charge in [-0.2, -0.15) is 0 Å². The van der Waals surface area contributed by atoms with Crippen LogP contribution in [0.25, 0.3) is 0 Å². The van der Waals surface area contributed by atoms with E-state index in [0.717, 1.165) is 17.7 Å². The average Bonchev–Trinajstić information content (AvgIpc) is 2.68. The Kier molecular flexibility index (Phi) is 6.36. The minimum Gasteiger partial charge on any atom is -0.350 e. The second-order valence-electron chi connectivity index (χ2n) is 4.65. The average molecular weight is 332 g/mol. The number of aryl methyl sites for hydroxylation is 2. The molecule has 0 radical (unpaired) electrons. The Balaban J connectivity index is 2.51. The Hall–Kier alpha value is -0.350. The number of alkyl halides is 1. The van der Waals surface area contributed by atoms with Crippen molar-refractivity contribution in [2.24, 2.45) is 5.92 Å². The van der Waals surface area contributed by atoms with Gasteiger partial charge in [-0.15, -0.1) is 11.3 Å². The molecule has 1 heterocycles. The van der Waals surface area contributed by atoms with Gasteiger partial charge in [-0.3, -0.25) is 4.79 Å². The lowest BCUT2D eigenvalue weighted by molar-refractivity contribution is 0.0956. The van der Waals surface area contributed by atoms with Gasteiger partial charge in [0.2, 0.25) is 0 Å². The van der Waals surface area contributed by atoms with Gasteiger partial charge in [0.1, 0.15) is 0 Å². The van der Waals surface area contributed by atoms with Crippen molar-refractivity contribution in [3.63, 3.8) is 0 Å². The highest BCUT2D eigenvalue weighted by Gasteiger charge is 2.17. The molecule has 0 saturated heterocycles. The van der Waals surface area contributed by atoms with Crippen LogP contribution in [0, 0.1) is 19.8 Å². The van der Waals surface area contributed by atoms with E-state index in [-0.39, 0.29) is 5.91 Å². The molecule has 1 unspecified atom stereocenters. The van der Waals surface area contributed by atoms with E-state index < -0.39 is 0 Å². The number of halogens is 1. The zero-order chi connectivity index (χ0) is 13.7. The zero-order valence-electron chi connectivity index (χ0n) is 11.5. The summed E-state index contributed by atoms with van der Waals surface area (Å²) in [6.45, 7) is 9.17. The van der Waals surface area contributed by atoms with Crippen LogP contribution in [0.2, 0.25) is 0 Å². The molecule has 0 spiro atoms. The second kappa shape index (κ2) is 7.29. The maximum Gasteiger partial charge on any atom is 0.261 e. The van der Waals surface area contributed by atoms with E-state index in [1.54, 1.807) is 11.3 Å². The molecule has 1 rings (SSSR count). The maximum absolute atomic E-state index is 12.0. The fourth-order valence-electron chi connectivity index (χ4n) is 1.93. The molecule has 0 aliphatic heterocycles. The van der Waals surface area contributed by atoms with Crippen LogP contribution in [-0.2, 0) is 0 Å². The van der Waals surface area contributed by atoms with Crippen LogP contribution >= 0.6 is 27.3 Å². The first-order valence-electron chi connectivity index (χ1n) is 6.48. The predicted molar refractivity (Wildman–Crippen MR) is 82.9 cm³/mol. The number of carbonyl (C=O) groups excluding carboxylic acids is 1. The van der Waals surface area contributed by atoms with Crippen LogP contribution in [0.3, 0.4) is 0 Å². The summed E-state index contributed by atoms with van der Waals surface area (Å²) in [5, 5.41) is 3.01. The van der Waals surface area contributed by atoms with Crippen LogP contribution in [-0.4, -0.2) is 17.3 Å². The van der Waals surface area contributed by atoms with Crippen LogP contribution in [0.5, 0.6) is 0 Å². The van der Waals surface area contributed by atoms with E-state index in [1.165, 1.54) is 10.4 Å². The number of thiophene rings is 1. The summed E-state index contributed by atoms with van der Waals surface area (Å²) in [6.07, 6.45) is 2.28. The summed E-state index contributed by atoms with van der Waals surface area (Å²) in [4.78, 5) is 14.4. The van der Waals surface area contributed by atoms with Crippen molar-refractivity contribution in [1.82, 2.24) is 5.32 Å². The van der Waals surface area contributed by atoms with Crippen LogP contribution < -0.4 is 5.32 Å². The smallest absolute Gasteiger partial charge is 0.261 e. The summed E-state index contributed by atoms with van der Waals surface area (Å²) < 4.78 is 0. The Bertz CT molecular complexity index is 379. The number of hydrogen-bond acceptors (Lipinski definition) is 2. The molecule has 0 aromatic carbocycles. The predicted octanol–water partition coefficient (Wildman–Crippen LogP) is 4.29. The van der Waals surface area contributed by atoms with Gasteiger partial charge in [0.15, 0.2) is 0 Å². The molecule has 18 heavy (non-hydrogen) atoms. The molecule has 1 atom stereocenters. The van der Waals surface area contributed by atoms with Gasteiger partial charge in [-0.05, 0) is 31.4 Å². The number of hydrogen-bond donors (Lipinski definition) is 1. The molecule has 0 aliphatic rings. The Morgan fingerprint density at radius 3 is 2.44 bits per heavy atom. The third kappa shape index (κ3) is 4.09. The van der Waals surface area contributed by atoms with Crippen molar-refractivity contribution >= 4 is 33.2 Å². The van der Waals surface area contributed by atoms with E-state index in [9.17, 15) is 4.79 Å². The fraction of sp³-hybridized carbons (Fsp3) is 0.643. The normalized spacial score (nSPS) is 12.8. The van der Waals surface area contributed by atoms with E-state index in [4.69, 9.17) is 0 Å². The molecule has 1 amide bonds. The maximum atomic E-state index is 12.0. The van der Waals surface area contributed by atoms with Crippen molar-refractivity contribution in [2.75, 3.05) is 6.54 Å². The summed E-state index contributed by atoms with van der Waals surface area (Å²) in [7, 11) is 0. The fourth-order valence-corrected chi connectivity index (χ4v) is 3.79. The molecular weight excluding hydrogens is 310 g/mol. The Labute approximate surface area is 122 Å². The molecule has 2 nitrogen and oxygen atoms in total. The largest absolute Gasteiger partial charge is 0.350 e. The molecule has 1 aromatic rings. The highest BCUT2D eigenvalue weighted by Crippen LogP contribution is 2.22. The SMILES string of the molecule is CCC(CC)C(Br)CNC(=O)c1cc(C)c(C)s1. The third-order valence-electron chi connectivity index (χ3n) is 3.41. The molecule has 4 heteroatoms. The van der Waals surface area contributed by atoms with E-state index >= 15 is 0 Å². The Morgan fingerprint density at radius 2 is 2.00 bits per heavy atom. The summed E-state index contributed by atoms with van der Waals surface area (Å²) >= 11 is 5.24. The van der Waals surface area contributed by atoms with Gasteiger partial charge in [-0.25, -0.2) is 0 Å². The van der Waals surface area contributed by atoms with Crippen molar-refractivity contribution in [3.8, 4) is 0 Å². The van der Waals surface area contributed by atoms with Gasteiger partial charge in [0, 0.05) is 16.2 Å². The third-order valence-corrected chi connectivity index (χ3v) is 5.63. The van der Waals surface area contributed by atoms with Crippen molar-refractivity contribution < 1.29 is 4.79 Å². The number of nitrogens with one attached hydrogen (secondary N) is 1. The zero-order valence-corrected chi connectivity index (χ0v) is 14.0. The lowest BCUT2D eigenvalue weighted by Crippen LogP contribution is -2.32. The number of carbonyl (C=O) groups is 1. The van der Waals surface area contributed by atoms with Gasteiger partial charge in [0.05, 0.1) is 4.88 Å². The van der Waals surface area contributed by atoms with Crippen molar-refractivity contribution in [1.29, 1.82) is 0 Å². The monoisotopic (exact) mass is 331 g/mol. The quantitative estimate of drug-likeness (QED) is 0.774. The summed E-state index contributed by atoms with van der Waals surface area (Å²) in [5.41, 5.74) is 1.19. The minimum absolute atomic E-state index is 0.0478. The van der Waals surface area contributed by atoms with Crippen molar-refractivity contribution in [3.05, 3.63) is 21.4 Å². The topological polar surface area (TPSA) is 29.1 Å². The molecular formula is C14H22BrNOS. The molecule has 1 aromatic heterocycles. The van der Waals surface area contributed by atoms with Crippen LogP contribution in [0.15, 0.2) is 6.07 Å². The molecule has 0 aliphatic carbocycles.